The van der Waals surface area contributed by atoms with Crippen LogP contribution >= 0.6 is 0 Å². The predicted molar refractivity (Wildman–Crippen MR) is 106 cm³/mol. The normalized spacial score (nSPS) is 16.3. The van der Waals surface area contributed by atoms with Gasteiger partial charge in [0.2, 0.25) is 5.78 Å². The van der Waals surface area contributed by atoms with Crippen molar-refractivity contribution in [3.63, 3.8) is 0 Å². The van der Waals surface area contributed by atoms with Crippen molar-refractivity contribution in [2.45, 2.75) is 33.0 Å². The van der Waals surface area contributed by atoms with Crippen LogP contribution in [0.25, 0.3) is 5.57 Å². The number of carbonyl (C=O) groups excluding carboxylic acids is 2. The first-order chi connectivity index (χ1) is 12.3. The molecule has 0 aromatic heterocycles. The summed E-state index contributed by atoms with van der Waals surface area (Å²) in [6.45, 7) is 8.50. The Morgan fingerprint density at radius 3 is 2.00 bits per heavy atom. The van der Waals surface area contributed by atoms with E-state index in [0.29, 0.717) is 16.7 Å². The lowest BCUT2D eigenvalue weighted by molar-refractivity contribution is -0.120. The average molecular weight is 371 g/mol. The van der Waals surface area contributed by atoms with Gasteiger partial charge in [-0.1, -0.05) is 63.0 Å². The summed E-state index contributed by atoms with van der Waals surface area (Å²) < 4.78 is 10.7. The van der Waals surface area contributed by atoms with E-state index in [9.17, 15) is 9.59 Å². The summed E-state index contributed by atoms with van der Waals surface area (Å²) in [6.07, 6.45) is 2.83. The van der Waals surface area contributed by atoms with Gasteiger partial charge in [-0.25, -0.2) is 0 Å². The summed E-state index contributed by atoms with van der Waals surface area (Å²) in [6, 6.07) is 9.17. The molecule has 1 aromatic rings. The maximum Gasteiger partial charge on any atom is 0.263 e. The first-order valence-electron chi connectivity index (χ1n) is 8.70. The minimum atomic E-state index is -1.90. The molecule has 0 unspecified atom stereocenters. The molecule has 4 nitrogen and oxygen atoms in total. The Labute approximate surface area is 156 Å². The zero-order valence-corrected chi connectivity index (χ0v) is 17.3. The predicted octanol–water partition coefficient (Wildman–Crippen LogP) is 4.31. The van der Waals surface area contributed by atoms with Gasteiger partial charge in [0.25, 0.3) is 5.78 Å². The van der Waals surface area contributed by atoms with E-state index in [2.05, 4.69) is 19.6 Å². The van der Waals surface area contributed by atoms with Crippen molar-refractivity contribution >= 4 is 25.2 Å². The Hall–Kier alpha value is -2.40. The summed E-state index contributed by atoms with van der Waals surface area (Å²) >= 11 is 0. The second-order valence-corrected chi connectivity index (χ2v) is 12.2. The Morgan fingerprint density at radius 2 is 1.54 bits per heavy atom. The largest absolute Gasteiger partial charge is 0.492 e. The molecule has 0 saturated carbocycles. The quantitative estimate of drug-likeness (QED) is 0.553. The molecular formula is C21H26O4Si. The van der Waals surface area contributed by atoms with E-state index in [0.717, 1.165) is 11.6 Å². The average Bonchev–Trinajstić information content (AvgIpc) is 2.60. The number of allylic oxidation sites excluding steroid dienone is 4. The summed E-state index contributed by atoms with van der Waals surface area (Å²) in [5.41, 5.74) is 1.36. The number of hydrogen-bond acceptors (Lipinski definition) is 4. The van der Waals surface area contributed by atoms with Crippen LogP contribution in [0.5, 0.6) is 0 Å². The minimum Gasteiger partial charge on any atom is -0.492 e. The molecule has 1 aromatic carbocycles. The van der Waals surface area contributed by atoms with E-state index in [-0.39, 0.29) is 23.1 Å². The fourth-order valence-corrected chi connectivity index (χ4v) is 4.94. The van der Waals surface area contributed by atoms with Crippen molar-refractivity contribution in [1.82, 2.24) is 0 Å². The maximum absolute atomic E-state index is 13.5. The molecule has 2 rings (SSSR count). The molecule has 0 heterocycles. The third kappa shape index (κ3) is 3.58. The van der Waals surface area contributed by atoms with Crippen LogP contribution in [0.2, 0.25) is 19.6 Å². The van der Waals surface area contributed by atoms with Gasteiger partial charge in [-0.3, -0.25) is 9.59 Å². The zero-order valence-electron chi connectivity index (χ0n) is 16.3. The number of rotatable bonds is 6. The lowest BCUT2D eigenvalue weighted by Gasteiger charge is -2.28. The van der Waals surface area contributed by atoms with Crippen LogP contribution in [0, 0.1) is 0 Å². The molecule has 0 saturated heterocycles. The SMILES string of the molecule is CC/C=C(\C1=C(OC)C(=O)C(OC)=C(c2ccccc2)C1=O)[Si](C)(C)C. The summed E-state index contributed by atoms with van der Waals surface area (Å²) in [4.78, 5) is 26.6. The summed E-state index contributed by atoms with van der Waals surface area (Å²) in [5.74, 6) is -0.489. The van der Waals surface area contributed by atoms with Crippen molar-refractivity contribution in [2.75, 3.05) is 14.2 Å². The number of carbonyl (C=O) groups is 2. The van der Waals surface area contributed by atoms with Crippen LogP contribution in [-0.4, -0.2) is 33.9 Å². The van der Waals surface area contributed by atoms with Crippen molar-refractivity contribution in [2.24, 2.45) is 0 Å². The molecule has 5 heteroatoms. The molecule has 1 aliphatic rings. The van der Waals surface area contributed by atoms with E-state index in [1.54, 1.807) is 0 Å². The molecule has 26 heavy (non-hydrogen) atoms. The van der Waals surface area contributed by atoms with Crippen molar-refractivity contribution in [3.05, 3.63) is 64.3 Å². The minimum absolute atomic E-state index is 0.0354. The second-order valence-electron chi connectivity index (χ2n) is 7.12. The van der Waals surface area contributed by atoms with Gasteiger partial charge in [0, 0.05) is 0 Å². The van der Waals surface area contributed by atoms with Gasteiger partial charge in [0.1, 0.15) is 0 Å². The van der Waals surface area contributed by atoms with E-state index in [1.165, 1.54) is 14.2 Å². The summed E-state index contributed by atoms with van der Waals surface area (Å²) in [5, 5.41) is 0.943. The van der Waals surface area contributed by atoms with Gasteiger partial charge in [-0.2, -0.15) is 0 Å². The molecule has 1 aliphatic carbocycles. The van der Waals surface area contributed by atoms with E-state index >= 15 is 0 Å². The van der Waals surface area contributed by atoms with Gasteiger partial charge in [-0.15, -0.1) is 0 Å². The molecule has 0 N–H and O–H groups in total. The lowest BCUT2D eigenvalue weighted by Crippen LogP contribution is -2.33. The van der Waals surface area contributed by atoms with Gasteiger partial charge in [-0.05, 0) is 17.2 Å². The third-order valence-electron chi connectivity index (χ3n) is 4.28. The number of benzene rings is 1. The highest BCUT2D eigenvalue weighted by molar-refractivity contribution is 6.85. The fraction of sp³-hybridized carbons (Fsp3) is 0.333. The van der Waals surface area contributed by atoms with E-state index < -0.39 is 8.07 Å². The molecule has 0 radical (unpaired) electrons. The van der Waals surface area contributed by atoms with Gasteiger partial charge in [0.15, 0.2) is 11.5 Å². The molecule has 0 aliphatic heterocycles. The van der Waals surface area contributed by atoms with Crippen molar-refractivity contribution in [3.8, 4) is 0 Å². The zero-order chi connectivity index (χ0) is 19.5. The number of ether oxygens (including phenoxy) is 2. The molecule has 138 valence electrons. The van der Waals surface area contributed by atoms with Crippen LogP contribution in [0.15, 0.2) is 58.7 Å². The molecular weight excluding hydrogens is 344 g/mol. The first-order valence-corrected chi connectivity index (χ1v) is 12.2. The maximum atomic E-state index is 13.5. The van der Waals surface area contributed by atoms with Crippen molar-refractivity contribution < 1.29 is 19.1 Å². The van der Waals surface area contributed by atoms with Crippen LogP contribution in [-0.2, 0) is 19.1 Å². The lowest BCUT2D eigenvalue weighted by atomic mass is 9.87. The van der Waals surface area contributed by atoms with Gasteiger partial charge >= 0.3 is 0 Å². The first kappa shape index (κ1) is 19.9. The second kappa shape index (κ2) is 7.87. The molecule has 0 spiro atoms. The topological polar surface area (TPSA) is 52.6 Å². The number of hydrogen-bond donors (Lipinski definition) is 0. The van der Waals surface area contributed by atoms with Crippen LogP contribution in [0.4, 0.5) is 0 Å². The van der Waals surface area contributed by atoms with Crippen LogP contribution in [0.1, 0.15) is 18.9 Å². The molecule has 0 atom stereocenters. The molecule has 0 bridgehead atoms. The fourth-order valence-electron chi connectivity index (χ4n) is 3.15. The third-order valence-corrected chi connectivity index (χ3v) is 6.35. The highest BCUT2D eigenvalue weighted by Gasteiger charge is 2.41. The Bertz CT molecular complexity index is 808. The summed E-state index contributed by atoms with van der Waals surface area (Å²) in [7, 11) is 0.931. The number of Topliss-reactive ketones (excluding diaryl/α,β-unsaturated/α-hetero) is 2. The molecule has 0 amide bonds. The highest BCUT2D eigenvalue weighted by Crippen LogP contribution is 2.38. The van der Waals surface area contributed by atoms with Crippen LogP contribution in [0.3, 0.4) is 0 Å². The van der Waals surface area contributed by atoms with Gasteiger partial charge in [0.05, 0.1) is 33.4 Å². The van der Waals surface area contributed by atoms with E-state index in [4.69, 9.17) is 9.47 Å². The molecule has 0 fully saturated rings. The number of methoxy groups -OCH3 is 2. The van der Waals surface area contributed by atoms with Crippen LogP contribution < -0.4 is 0 Å². The standard InChI is InChI=1S/C21H26O4Si/c1-7-11-15(26(4,5)6)17-18(22)16(14-12-9-8-10-13-14)20(24-2)19(23)21(17)25-3/h8-13H,7H2,1-6H3/b15-11+. The Balaban J connectivity index is 2.79. The smallest absolute Gasteiger partial charge is 0.263 e. The van der Waals surface area contributed by atoms with Gasteiger partial charge < -0.3 is 9.47 Å². The Morgan fingerprint density at radius 1 is 0.962 bits per heavy atom. The highest BCUT2D eigenvalue weighted by atomic mass is 28.3. The van der Waals surface area contributed by atoms with Crippen molar-refractivity contribution in [1.29, 1.82) is 0 Å². The monoisotopic (exact) mass is 370 g/mol. The number of ketones is 2. The van der Waals surface area contributed by atoms with E-state index in [1.807, 2.05) is 43.3 Å². The Kier molecular flexibility index (Phi) is 6.03.